The van der Waals surface area contributed by atoms with Gasteiger partial charge >= 0.3 is 11.9 Å². The number of benzene rings is 2. The number of carbonyl (C=O) groups is 2. The van der Waals surface area contributed by atoms with Crippen LogP contribution in [0.15, 0.2) is 93.3 Å². The Kier molecular flexibility index (Phi) is 13.2. The van der Waals surface area contributed by atoms with E-state index >= 15 is 0 Å². The van der Waals surface area contributed by atoms with E-state index in [0.29, 0.717) is 0 Å². The summed E-state index contributed by atoms with van der Waals surface area (Å²) in [5.41, 5.74) is 1.56. The fraction of sp³-hybridized carbons (Fsp3) is 0.412. The number of aliphatic imine (C=N–C) groups is 2. The Morgan fingerprint density at radius 3 is 1.30 bits per heavy atom. The number of ether oxygens (including phenoxy) is 2. The Hall–Kier alpha value is -3.69. The van der Waals surface area contributed by atoms with Gasteiger partial charge in [0, 0.05) is 29.2 Å². The van der Waals surface area contributed by atoms with Gasteiger partial charge in [0.15, 0.2) is 0 Å². The molecule has 0 unspecified atom stereocenters. The second-order valence-corrected chi connectivity index (χ2v) is 10.9. The Labute approximate surface area is 263 Å². The summed E-state index contributed by atoms with van der Waals surface area (Å²) < 4.78 is 11.3. The number of esters is 2. The molecule has 2 aliphatic rings. The summed E-state index contributed by atoms with van der Waals surface area (Å²) in [6, 6.07) is 17.6. The van der Waals surface area contributed by atoms with E-state index in [1.165, 1.54) is 26.3 Å². The third-order valence-corrected chi connectivity index (χ3v) is 7.68. The monoisotopic (exact) mass is 631 g/mol. The summed E-state index contributed by atoms with van der Waals surface area (Å²) in [5, 5.41) is 20.8. The zero-order chi connectivity index (χ0) is 29.9. The Balaban J connectivity index is 0.00000506. The number of hydrogen-bond donors (Lipinski definition) is 2. The van der Waals surface area contributed by atoms with E-state index in [9.17, 15) is 19.8 Å². The molecule has 0 saturated heterocycles. The van der Waals surface area contributed by atoms with Crippen LogP contribution >= 0.6 is 0 Å². The summed E-state index contributed by atoms with van der Waals surface area (Å²) in [4.78, 5) is 35.6. The molecule has 0 bridgehead atoms. The molecule has 1 radical (unpaired) electrons. The molecule has 0 aromatic heterocycles. The average Bonchev–Trinajstić information content (AvgIpc) is 3.69. The number of hydrogen-bond acceptors (Lipinski definition) is 8. The van der Waals surface area contributed by atoms with Crippen LogP contribution in [-0.2, 0) is 35.8 Å². The quantitative estimate of drug-likeness (QED) is 0.117. The van der Waals surface area contributed by atoms with E-state index < -0.39 is 24.0 Å². The molecular weight excluding hydrogens is 591 g/mol. The van der Waals surface area contributed by atoms with E-state index in [4.69, 9.17) is 19.5 Å². The Bertz CT molecular complexity index is 1220. The molecule has 2 N–H and O–H groups in total. The van der Waals surface area contributed by atoms with E-state index in [2.05, 4.69) is 0 Å². The van der Waals surface area contributed by atoms with Gasteiger partial charge in [-0.25, -0.2) is 9.59 Å². The molecule has 8 nitrogen and oxygen atoms in total. The Morgan fingerprint density at radius 1 is 0.674 bits per heavy atom. The van der Waals surface area contributed by atoms with Gasteiger partial charge in [0.1, 0.15) is 47.0 Å². The first kappa shape index (κ1) is 33.8. The normalized spacial score (nSPS) is 18.6. The van der Waals surface area contributed by atoms with Gasteiger partial charge < -0.3 is 19.7 Å². The molecule has 2 aliphatic carbocycles. The fourth-order valence-corrected chi connectivity index (χ4v) is 5.34. The topological polar surface area (TPSA) is 118 Å². The molecule has 43 heavy (non-hydrogen) atoms. The van der Waals surface area contributed by atoms with E-state index in [0.717, 1.165) is 62.5 Å². The van der Waals surface area contributed by atoms with Crippen molar-refractivity contribution in [1.29, 1.82) is 0 Å². The molecule has 2 atom stereocenters. The predicted octanol–water partition coefficient (Wildman–Crippen LogP) is 7.24. The van der Waals surface area contributed by atoms with Gasteiger partial charge in [0.25, 0.3) is 0 Å². The third-order valence-electron chi connectivity index (χ3n) is 7.68. The van der Waals surface area contributed by atoms with Crippen LogP contribution in [0.25, 0.3) is 0 Å². The van der Waals surface area contributed by atoms with Crippen molar-refractivity contribution in [2.75, 3.05) is 0 Å². The van der Waals surface area contributed by atoms with Gasteiger partial charge in [0.05, 0.1) is 0 Å². The molecule has 2 aromatic rings. The molecule has 0 aliphatic heterocycles. The minimum atomic E-state index is -0.649. The summed E-state index contributed by atoms with van der Waals surface area (Å²) in [6.45, 7) is 2.86. The molecule has 0 heterocycles. The van der Waals surface area contributed by atoms with Crippen molar-refractivity contribution < 1.29 is 46.1 Å². The van der Waals surface area contributed by atoms with Gasteiger partial charge in [-0.1, -0.05) is 60.7 Å². The van der Waals surface area contributed by atoms with E-state index in [-0.39, 0.29) is 51.7 Å². The van der Waals surface area contributed by atoms with Gasteiger partial charge in [-0.3, -0.25) is 9.98 Å². The maximum absolute atomic E-state index is 13.0. The van der Waals surface area contributed by atoms with Crippen LogP contribution in [0.1, 0.15) is 88.4 Å². The van der Waals surface area contributed by atoms with Crippen molar-refractivity contribution in [2.45, 2.75) is 89.5 Å². The molecule has 9 heteroatoms. The first-order valence-electron chi connectivity index (χ1n) is 14.7. The zero-order valence-electron chi connectivity index (χ0n) is 24.6. The number of nitrogens with zero attached hydrogens (tertiary/aromatic N) is 2. The maximum atomic E-state index is 13.0. The molecule has 2 saturated carbocycles. The van der Waals surface area contributed by atoms with Crippen LogP contribution in [0.2, 0.25) is 0 Å². The maximum Gasteiger partial charge on any atom is 0.343 e. The Morgan fingerprint density at radius 2 is 1.00 bits per heavy atom. The van der Waals surface area contributed by atoms with Crippen LogP contribution < -0.4 is 0 Å². The first-order valence-corrected chi connectivity index (χ1v) is 14.7. The summed E-state index contributed by atoms with van der Waals surface area (Å²) >= 11 is 0. The average molecular weight is 632 g/mol. The predicted molar refractivity (Wildman–Crippen MR) is 163 cm³/mol. The molecule has 2 aromatic carbocycles. The van der Waals surface area contributed by atoms with Crippen molar-refractivity contribution in [2.24, 2.45) is 9.98 Å². The first-order chi connectivity index (χ1) is 20.3. The minimum absolute atomic E-state index is 0. The van der Waals surface area contributed by atoms with Crippen LogP contribution in [0, 0.1) is 0 Å². The largest absolute Gasteiger partial charge is 0.512 e. The number of carbonyl (C=O) groups excluding carboxylic acids is 2. The number of allylic oxidation sites excluding steroid dienone is 2. The molecule has 231 valence electrons. The summed E-state index contributed by atoms with van der Waals surface area (Å²) in [6.07, 6.45) is 9.62. The van der Waals surface area contributed by atoms with E-state index in [1.807, 2.05) is 60.7 Å². The van der Waals surface area contributed by atoms with Crippen LogP contribution in [0.4, 0.5) is 0 Å². The second kappa shape index (κ2) is 16.8. The van der Waals surface area contributed by atoms with Crippen molar-refractivity contribution in [3.05, 3.63) is 94.5 Å². The van der Waals surface area contributed by atoms with Crippen LogP contribution in [-0.4, -0.2) is 46.8 Å². The van der Waals surface area contributed by atoms with Crippen molar-refractivity contribution in [1.82, 2.24) is 0 Å². The number of aliphatic hydroxyl groups excluding tert-OH is 2. The third kappa shape index (κ3) is 9.66. The van der Waals surface area contributed by atoms with Gasteiger partial charge in [-0.15, -0.1) is 0 Å². The molecule has 0 spiro atoms. The molecular formula is C34H40CoN2O6. The van der Waals surface area contributed by atoms with Crippen molar-refractivity contribution in [3.8, 4) is 0 Å². The molecule has 2 fully saturated rings. The van der Waals surface area contributed by atoms with Gasteiger partial charge in [-0.2, -0.15) is 0 Å². The van der Waals surface area contributed by atoms with Gasteiger partial charge in [0.2, 0.25) is 0 Å². The SMILES string of the molecule is C/C(O)=C(/C=N[C@@H](c1ccccc1)[C@@H](N=C/C(C(=O)OC1CCCC1)=C(/C)O)c1ccccc1)C(=O)OC1CCCC1.[Co]. The fourth-order valence-electron chi connectivity index (χ4n) is 5.34. The zero-order valence-corrected chi connectivity index (χ0v) is 25.7. The number of rotatable bonds is 11. The second-order valence-electron chi connectivity index (χ2n) is 10.9. The standard InChI is InChI=1S/C34H40N2O6.Co/c1-23(37)29(33(39)41-27-17-9-10-18-27)21-35-31(25-13-5-3-6-14-25)32(26-15-7-4-8-16-26)36-22-30(24(2)38)34(40)42-28-19-11-12-20-28;/h3-8,13-16,21-22,27-28,31-32,37-38H,9-12,17-20H2,1-2H3;/b29-23+,30-24+,35-21?,36-22?;/t31-,32-;/m0./s1. The van der Waals surface area contributed by atoms with Crippen molar-refractivity contribution >= 4 is 24.4 Å². The minimum Gasteiger partial charge on any atom is -0.512 e. The number of aliphatic hydroxyl groups is 2. The summed E-state index contributed by atoms with van der Waals surface area (Å²) in [5.74, 6) is -1.62. The molecule has 4 rings (SSSR count). The molecule has 0 amide bonds. The van der Waals surface area contributed by atoms with E-state index in [1.54, 1.807) is 0 Å². The smallest absolute Gasteiger partial charge is 0.343 e. The summed E-state index contributed by atoms with van der Waals surface area (Å²) in [7, 11) is 0. The van der Waals surface area contributed by atoms with Crippen LogP contribution in [0.3, 0.4) is 0 Å². The van der Waals surface area contributed by atoms with Crippen LogP contribution in [0.5, 0.6) is 0 Å². The van der Waals surface area contributed by atoms with Gasteiger partial charge in [-0.05, 0) is 76.3 Å². The van der Waals surface area contributed by atoms with Crippen molar-refractivity contribution in [3.63, 3.8) is 0 Å².